The Bertz CT molecular complexity index is 4600. The number of nitrogens with zero attached hydrogens (tertiary/aromatic N) is 2. The Balaban J connectivity index is 0.797. The second-order valence-electron chi connectivity index (χ2n) is 24.6. The van der Waals surface area contributed by atoms with E-state index in [1.807, 2.05) is 0 Å². The maximum absolute atomic E-state index is 2.57. The number of benzene rings is 10. The first-order valence-electron chi connectivity index (χ1n) is 27.4. The largest absolute Gasteiger partial charge is 0.308 e. The van der Waals surface area contributed by atoms with E-state index in [0.29, 0.717) is 29.6 Å². The van der Waals surface area contributed by atoms with Crippen LogP contribution >= 0.6 is 0 Å². The average Bonchev–Trinajstić information content (AvgIpc) is 4.09. The quantitative estimate of drug-likeness (QED) is 0.144. The molecule has 0 fully saturated rings. The Morgan fingerprint density at radius 2 is 0.603 bits per heavy atom. The zero-order valence-corrected chi connectivity index (χ0v) is 44.6. The third-order valence-corrected chi connectivity index (χ3v) is 17.8. The molecule has 0 saturated heterocycles. The van der Waals surface area contributed by atoms with Gasteiger partial charge in [-0.1, -0.05) is 149 Å². The van der Waals surface area contributed by atoms with Crippen LogP contribution in [-0.2, 0) is 5.41 Å². The number of hydrogen-bond acceptors (Lipinski definition) is 0. The SMILES string of the molecule is CC(C)c1ccc2cc3c(cc2c1)c1cc(C(C)C)cc2c4cc5cc(C(C)CCC(C)c6ccc7cc8c(cc7c6)c6cc(C(C)(C)C)cc7c9cc%10cc(C(C)C)ccc%10cc9n8c76)ccc5cc4n3c12. The first kappa shape index (κ1) is 44.5. The van der Waals surface area contributed by atoms with Crippen LogP contribution in [0.4, 0.5) is 0 Å². The first-order chi connectivity index (χ1) is 35.1. The maximum Gasteiger partial charge on any atom is 0.0620 e. The van der Waals surface area contributed by atoms with Crippen molar-refractivity contribution in [3.05, 3.63) is 179 Å². The molecule has 4 aromatic heterocycles. The molecule has 2 nitrogen and oxygen atoms in total. The molecule has 0 amide bonds. The average molecular weight is 947 g/mol. The fourth-order valence-electron chi connectivity index (χ4n) is 13.1. The predicted octanol–water partition coefficient (Wildman–Crippen LogP) is 21.0. The first-order valence-corrected chi connectivity index (χ1v) is 27.4. The van der Waals surface area contributed by atoms with Gasteiger partial charge >= 0.3 is 0 Å². The molecule has 2 unspecified atom stereocenters. The zero-order valence-electron chi connectivity index (χ0n) is 44.6. The third kappa shape index (κ3) is 6.68. The minimum absolute atomic E-state index is 0.0255. The van der Waals surface area contributed by atoms with Crippen LogP contribution < -0.4 is 0 Å². The highest BCUT2D eigenvalue weighted by molar-refractivity contribution is 6.28. The molecule has 0 bridgehead atoms. The van der Waals surface area contributed by atoms with Crippen molar-refractivity contribution in [3.63, 3.8) is 0 Å². The molecule has 73 heavy (non-hydrogen) atoms. The summed E-state index contributed by atoms with van der Waals surface area (Å²) < 4.78 is 5.14. The van der Waals surface area contributed by atoms with E-state index in [0.717, 1.165) is 12.8 Å². The molecule has 0 N–H and O–H groups in total. The lowest BCUT2D eigenvalue weighted by Crippen LogP contribution is -2.10. The summed E-state index contributed by atoms with van der Waals surface area (Å²) in [5, 5.41) is 21.4. The molecule has 0 saturated carbocycles. The van der Waals surface area contributed by atoms with Crippen molar-refractivity contribution in [1.82, 2.24) is 8.80 Å². The van der Waals surface area contributed by atoms with E-state index < -0.39 is 0 Å². The highest BCUT2D eigenvalue weighted by Crippen LogP contribution is 2.46. The van der Waals surface area contributed by atoms with Crippen LogP contribution in [0.1, 0.15) is 152 Å². The van der Waals surface area contributed by atoms with Gasteiger partial charge in [-0.05, 0) is 197 Å². The van der Waals surface area contributed by atoms with E-state index in [1.165, 1.54) is 153 Å². The minimum atomic E-state index is 0.0255. The fourth-order valence-corrected chi connectivity index (χ4v) is 13.1. The molecule has 0 aliphatic heterocycles. The molecule has 2 atom stereocenters. The van der Waals surface area contributed by atoms with E-state index in [2.05, 4.69) is 231 Å². The highest BCUT2D eigenvalue weighted by atomic mass is 14.9. The van der Waals surface area contributed by atoms with Crippen molar-refractivity contribution in [2.75, 3.05) is 0 Å². The molecular formula is C71H66N2. The van der Waals surface area contributed by atoms with Gasteiger partial charge in [0.2, 0.25) is 0 Å². The van der Waals surface area contributed by atoms with Gasteiger partial charge in [-0.3, -0.25) is 0 Å². The van der Waals surface area contributed by atoms with Gasteiger partial charge in [-0.15, -0.1) is 0 Å². The molecule has 14 rings (SSSR count). The molecule has 0 aliphatic carbocycles. The van der Waals surface area contributed by atoms with E-state index in [4.69, 9.17) is 0 Å². The summed E-state index contributed by atoms with van der Waals surface area (Å²) >= 11 is 0. The van der Waals surface area contributed by atoms with Crippen LogP contribution in [0.25, 0.3) is 119 Å². The Labute approximate surface area is 428 Å². The lowest BCUT2D eigenvalue weighted by molar-refractivity contribution is 0.574. The monoisotopic (exact) mass is 947 g/mol. The summed E-state index contributed by atoms with van der Waals surface area (Å²) in [5.41, 5.74) is 16.4. The van der Waals surface area contributed by atoms with Crippen LogP contribution in [0, 0.1) is 0 Å². The van der Waals surface area contributed by atoms with Crippen molar-refractivity contribution in [1.29, 1.82) is 0 Å². The zero-order chi connectivity index (χ0) is 50.1. The molecule has 4 heterocycles. The Hall–Kier alpha value is -7.16. The Morgan fingerprint density at radius 1 is 0.301 bits per heavy atom. The molecule has 360 valence electrons. The van der Waals surface area contributed by atoms with Gasteiger partial charge in [0.25, 0.3) is 0 Å². The molecule has 0 aliphatic rings. The second kappa shape index (κ2) is 15.7. The summed E-state index contributed by atoms with van der Waals surface area (Å²) in [7, 11) is 0. The Kier molecular flexibility index (Phi) is 9.56. The van der Waals surface area contributed by atoms with Crippen LogP contribution in [0.2, 0.25) is 0 Å². The van der Waals surface area contributed by atoms with Gasteiger partial charge in [0.05, 0.1) is 33.1 Å². The number of rotatable bonds is 8. The van der Waals surface area contributed by atoms with Crippen LogP contribution in [0.5, 0.6) is 0 Å². The van der Waals surface area contributed by atoms with E-state index in [1.54, 1.807) is 0 Å². The van der Waals surface area contributed by atoms with Crippen LogP contribution in [-0.4, -0.2) is 8.80 Å². The van der Waals surface area contributed by atoms with Gasteiger partial charge in [0, 0.05) is 43.1 Å². The summed E-state index contributed by atoms with van der Waals surface area (Å²) in [6, 6.07) is 58.3. The maximum atomic E-state index is 2.57. The van der Waals surface area contributed by atoms with Gasteiger partial charge in [0.1, 0.15) is 0 Å². The van der Waals surface area contributed by atoms with Crippen molar-refractivity contribution in [3.8, 4) is 0 Å². The number of aromatic nitrogens is 2. The second-order valence-corrected chi connectivity index (χ2v) is 24.6. The molecule has 0 spiro atoms. The standard InChI is InChI=1S/C71H66N2/c1-38(2)43-14-18-47-32-65-57(28-52(47)22-43)61-26-51(40(5)6)27-62-58-30-54-24-45(16-20-49(54)34-66(58)72(65)69(61)62)41(7)12-13-42(8)46-17-21-50-35-68-60(31-55(50)25-46)64-37-56(71(9,10)11)36-63-59-29-53-23-44(39(3)4)15-19-48(53)33-67(59)73(68)70(63)64/h14-42H,12-13H2,1-11H3. The number of hydrogen-bond donors (Lipinski definition) is 0. The van der Waals surface area contributed by atoms with Gasteiger partial charge in [-0.2, -0.15) is 0 Å². The van der Waals surface area contributed by atoms with E-state index in [-0.39, 0.29) is 5.41 Å². The van der Waals surface area contributed by atoms with E-state index in [9.17, 15) is 0 Å². The number of fused-ring (bicyclic) bond motifs is 16. The normalized spacial score (nSPS) is 14.1. The Morgan fingerprint density at radius 3 is 0.918 bits per heavy atom. The van der Waals surface area contributed by atoms with Gasteiger partial charge in [-0.25, -0.2) is 0 Å². The van der Waals surface area contributed by atoms with Crippen molar-refractivity contribution in [2.24, 2.45) is 0 Å². The molecule has 0 radical (unpaired) electrons. The van der Waals surface area contributed by atoms with Crippen LogP contribution in [0.3, 0.4) is 0 Å². The lowest BCUT2D eigenvalue weighted by atomic mass is 9.85. The fraction of sp³-hybridized carbons (Fsp3) is 0.268. The molecule has 10 aromatic carbocycles. The predicted molar refractivity (Wildman–Crippen MR) is 319 cm³/mol. The third-order valence-electron chi connectivity index (χ3n) is 17.8. The summed E-state index contributed by atoms with van der Waals surface area (Å²) in [5.74, 6) is 2.32. The summed E-state index contributed by atoms with van der Waals surface area (Å²) in [6.07, 6.45) is 2.27. The molecular weight excluding hydrogens is 881 g/mol. The molecule has 14 aromatic rings. The lowest BCUT2D eigenvalue weighted by Gasteiger charge is -2.19. The van der Waals surface area contributed by atoms with Gasteiger partial charge < -0.3 is 8.80 Å². The summed E-state index contributed by atoms with van der Waals surface area (Å²) in [4.78, 5) is 0. The van der Waals surface area contributed by atoms with Crippen molar-refractivity contribution >= 4 is 119 Å². The van der Waals surface area contributed by atoms with Crippen LogP contribution in [0.15, 0.2) is 146 Å². The van der Waals surface area contributed by atoms with E-state index >= 15 is 0 Å². The topological polar surface area (TPSA) is 8.82 Å². The van der Waals surface area contributed by atoms with Gasteiger partial charge in [0.15, 0.2) is 0 Å². The minimum Gasteiger partial charge on any atom is -0.308 e. The smallest absolute Gasteiger partial charge is 0.0620 e. The summed E-state index contributed by atoms with van der Waals surface area (Å²) in [6.45, 7) is 25.7. The van der Waals surface area contributed by atoms with Crippen molar-refractivity contribution in [2.45, 2.75) is 124 Å². The highest BCUT2D eigenvalue weighted by Gasteiger charge is 2.25. The molecule has 2 heteroatoms. The van der Waals surface area contributed by atoms with Crippen molar-refractivity contribution < 1.29 is 0 Å².